The summed E-state index contributed by atoms with van der Waals surface area (Å²) in [6.45, 7) is 6.58. The second-order valence-electron chi connectivity index (χ2n) is 14.8. The van der Waals surface area contributed by atoms with Gasteiger partial charge in [0.2, 0.25) is 0 Å². The fourth-order valence-electron chi connectivity index (χ4n) is 8.18. The number of aliphatic hydroxyl groups is 1. The van der Waals surface area contributed by atoms with Crippen LogP contribution < -0.4 is 29.8 Å². The predicted molar refractivity (Wildman–Crippen MR) is 181 cm³/mol. The number of nitrogens with two attached hydrogens (primary N) is 1. The van der Waals surface area contributed by atoms with Gasteiger partial charge in [0.1, 0.15) is 0 Å². The zero-order valence-corrected chi connectivity index (χ0v) is 28.8. The Morgan fingerprint density at radius 1 is 0.896 bits per heavy atom. The molecule has 48 heavy (non-hydrogen) atoms. The molecule has 2 saturated heterocycles. The van der Waals surface area contributed by atoms with E-state index in [0.717, 1.165) is 63.5 Å². The number of aryl methyl sites for hydroxylation is 1. The molecule has 2 aliphatic carbocycles. The Labute approximate surface area is 283 Å². The van der Waals surface area contributed by atoms with Crippen molar-refractivity contribution in [3.63, 3.8) is 0 Å². The lowest BCUT2D eigenvalue weighted by Gasteiger charge is -2.30. The maximum atomic E-state index is 13.6. The minimum Gasteiger partial charge on any atom is -0.493 e. The van der Waals surface area contributed by atoms with E-state index in [1.165, 1.54) is 17.9 Å². The van der Waals surface area contributed by atoms with Gasteiger partial charge in [0.05, 0.1) is 44.7 Å². The van der Waals surface area contributed by atoms with Crippen molar-refractivity contribution in [2.24, 2.45) is 16.7 Å². The third kappa shape index (κ3) is 5.93. The highest BCUT2D eigenvalue weighted by molar-refractivity contribution is 6.02. The van der Waals surface area contributed by atoms with Crippen molar-refractivity contribution >= 4 is 17.5 Å². The van der Waals surface area contributed by atoms with Crippen LogP contribution in [0.3, 0.4) is 0 Å². The lowest BCUT2D eigenvalue weighted by Crippen LogP contribution is -2.51. The summed E-state index contributed by atoms with van der Waals surface area (Å²) >= 11 is 0. The Morgan fingerprint density at radius 3 is 2.15 bits per heavy atom. The first-order valence-electron chi connectivity index (χ1n) is 17.6. The molecule has 5 aliphatic rings. The maximum Gasteiger partial charge on any atom is 0.256 e. The Balaban J connectivity index is 0.920. The smallest absolute Gasteiger partial charge is 0.256 e. The number of nitrogens with zero attached hydrogens (tertiary/aromatic N) is 3. The number of ether oxygens (including phenoxy) is 4. The molecule has 4 fully saturated rings. The number of anilines is 1. The zero-order chi connectivity index (χ0) is 33.8. The summed E-state index contributed by atoms with van der Waals surface area (Å²) in [5.41, 5.74) is 2.92. The number of carbonyl (C=O) groups excluding carboxylic acids is 2. The monoisotopic (exact) mass is 662 g/mol. The Morgan fingerprint density at radius 2 is 1.52 bits per heavy atom. The van der Waals surface area contributed by atoms with Gasteiger partial charge in [-0.3, -0.25) is 14.6 Å². The van der Waals surface area contributed by atoms with E-state index >= 15 is 0 Å². The normalized spacial score (nSPS) is 24.4. The second kappa shape index (κ2) is 12.6. The third-order valence-electron chi connectivity index (χ3n) is 11.5. The first-order chi connectivity index (χ1) is 23.1. The number of hydrogen-bond donors (Lipinski definition) is 2. The van der Waals surface area contributed by atoms with Crippen LogP contribution >= 0.6 is 0 Å². The SMILES string of the molecule is CC[C@@H]1CC2(CC2)CN1C(=O)c1cc(OC)c(OCCCCCOc2cc3c(cc2OC)C(=O)N2CC4(CC4)C[C@H]2C(O)N3N)cc1C. The largest absolute Gasteiger partial charge is 0.493 e. The van der Waals surface area contributed by atoms with Crippen LogP contribution in [0, 0.1) is 17.8 Å². The van der Waals surface area contributed by atoms with Crippen LogP contribution in [0.15, 0.2) is 24.3 Å². The number of likely N-dealkylation sites (tertiary alicyclic amines) is 1. The van der Waals surface area contributed by atoms with E-state index in [1.54, 1.807) is 31.3 Å². The van der Waals surface area contributed by atoms with E-state index in [-0.39, 0.29) is 23.3 Å². The third-order valence-corrected chi connectivity index (χ3v) is 11.5. The minimum atomic E-state index is -0.996. The number of benzene rings is 2. The summed E-state index contributed by atoms with van der Waals surface area (Å²) in [6.07, 6.45) is 8.94. The molecule has 0 bridgehead atoms. The minimum absolute atomic E-state index is 0.0906. The Kier molecular flexibility index (Phi) is 8.64. The van der Waals surface area contributed by atoms with Gasteiger partial charge in [-0.25, -0.2) is 5.84 Å². The highest BCUT2D eigenvalue weighted by Crippen LogP contribution is 2.57. The van der Waals surface area contributed by atoms with E-state index in [1.807, 2.05) is 19.1 Å². The van der Waals surface area contributed by atoms with Crippen LogP contribution in [-0.2, 0) is 0 Å². The first kappa shape index (κ1) is 32.8. The van der Waals surface area contributed by atoms with Crippen molar-refractivity contribution in [2.45, 2.75) is 96.4 Å². The van der Waals surface area contributed by atoms with E-state index in [0.29, 0.717) is 71.0 Å². The van der Waals surface area contributed by atoms with Crippen molar-refractivity contribution in [3.05, 3.63) is 41.0 Å². The summed E-state index contributed by atoms with van der Waals surface area (Å²) in [7, 11) is 3.16. The fraction of sp³-hybridized carbons (Fsp3) is 0.622. The number of unbranched alkanes of at least 4 members (excludes halogenated alkanes) is 2. The molecule has 1 unspecified atom stereocenters. The van der Waals surface area contributed by atoms with Crippen LogP contribution in [0.4, 0.5) is 5.69 Å². The molecule has 2 aromatic rings. The lowest BCUT2D eigenvalue weighted by molar-refractivity contribution is 0.0513. The van der Waals surface area contributed by atoms with E-state index in [9.17, 15) is 14.7 Å². The fourth-order valence-corrected chi connectivity index (χ4v) is 8.18. The van der Waals surface area contributed by atoms with Crippen molar-refractivity contribution in [3.8, 4) is 23.0 Å². The second-order valence-corrected chi connectivity index (χ2v) is 14.8. The molecule has 3 N–H and O–H groups in total. The molecule has 3 aliphatic heterocycles. The van der Waals surface area contributed by atoms with Gasteiger partial charge in [-0.05, 0) is 106 Å². The van der Waals surface area contributed by atoms with Gasteiger partial charge in [-0.15, -0.1) is 0 Å². The summed E-state index contributed by atoms with van der Waals surface area (Å²) < 4.78 is 23.5. The lowest BCUT2D eigenvalue weighted by atomic mass is 10.0. The van der Waals surface area contributed by atoms with Crippen LogP contribution in [0.25, 0.3) is 0 Å². The van der Waals surface area contributed by atoms with Gasteiger partial charge in [0.15, 0.2) is 29.2 Å². The summed E-state index contributed by atoms with van der Waals surface area (Å²) in [5.74, 6) is 8.51. The topological polar surface area (TPSA) is 127 Å². The molecular weight excluding hydrogens is 612 g/mol. The van der Waals surface area contributed by atoms with Gasteiger partial charge < -0.3 is 33.9 Å². The molecule has 0 radical (unpaired) electrons. The summed E-state index contributed by atoms with van der Waals surface area (Å²) in [5, 5.41) is 12.4. The van der Waals surface area contributed by atoms with Gasteiger partial charge in [0, 0.05) is 30.8 Å². The molecule has 3 atom stereocenters. The number of methoxy groups -OCH3 is 2. The predicted octanol–water partition coefficient (Wildman–Crippen LogP) is 5.05. The van der Waals surface area contributed by atoms with Crippen LogP contribution in [0.2, 0.25) is 0 Å². The van der Waals surface area contributed by atoms with E-state index < -0.39 is 6.23 Å². The van der Waals surface area contributed by atoms with Crippen LogP contribution in [0.5, 0.6) is 23.0 Å². The first-order valence-corrected chi connectivity index (χ1v) is 17.6. The highest BCUT2D eigenvalue weighted by atomic mass is 16.5. The van der Waals surface area contributed by atoms with Crippen LogP contribution in [-0.4, -0.2) is 85.6 Å². The molecule has 2 saturated carbocycles. The van der Waals surface area contributed by atoms with Crippen LogP contribution in [0.1, 0.15) is 97.4 Å². The number of hydrazine groups is 1. The van der Waals surface area contributed by atoms with Crippen molar-refractivity contribution < 1.29 is 33.6 Å². The summed E-state index contributed by atoms with van der Waals surface area (Å²) in [6, 6.07) is 7.11. The molecule has 7 rings (SSSR count). The molecular formula is C37H50N4O7. The van der Waals surface area contributed by atoms with Gasteiger partial charge in [-0.1, -0.05) is 6.92 Å². The van der Waals surface area contributed by atoms with Gasteiger partial charge in [-0.2, -0.15) is 0 Å². The molecule has 3 heterocycles. The number of amides is 2. The Bertz CT molecular complexity index is 1570. The number of fused-ring (bicyclic) bond motifs is 2. The number of aliphatic hydroxyl groups excluding tert-OH is 1. The maximum absolute atomic E-state index is 13.6. The standard InChI is InChI=1S/C37H50N4O7/c1-5-24-19-36(9-10-36)21-39(24)33(42)25-16-29(45-3)31(15-23(25)2)47-13-7-6-8-14-48-32-18-27-26(17-30(32)46-4)34(43)40-22-37(11-12-37)20-28(40)35(44)41(27)38/h15-18,24,28,35,44H,5-14,19-22,38H2,1-4H3/t24-,28+,35?/m1/s1. The number of rotatable bonds is 12. The molecule has 2 aromatic carbocycles. The summed E-state index contributed by atoms with van der Waals surface area (Å²) in [4.78, 5) is 31.0. The molecule has 2 amide bonds. The van der Waals surface area contributed by atoms with E-state index in [4.69, 9.17) is 24.8 Å². The quantitative estimate of drug-likeness (QED) is 0.237. The molecule has 2 spiro atoms. The van der Waals surface area contributed by atoms with E-state index in [2.05, 4.69) is 11.8 Å². The number of hydrogen-bond acceptors (Lipinski definition) is 9. The van der Waals surface area contributed by atoms with Gasteiger partial charge >= 0.3 is 0 Å². The van der Waals surface area contributed by atoms with Gasteiger partial charge in [0.25, 0.3) is 11.8 Å². The molecule has 11 nitrogen and oxygen atoms in total. The van der Waals surface area contributed by atoms with Crippen molar-refractivity contribution in [2.75, 3.05) is 45.5 Å². The molecule has 0 aromatic heterocycles. The molecule has 11 heteroatoms. The average molecular weight is 663 g/mol. The molecule has 260 valence electrons. The highest BCUT2D eigenvalue weighted by Gasteiger charge is 2.57. The Hall–Kier alpha value is -3.70. The average Bonchev–Trinajstić information content (AvgIpc) is 3.96. The number of carbonyl (C=O) groups is 2. The van der Waals surface area contributed by atoms with Crippen molar-refractivity contribution in [1.29, 1.82) is 0 Å². The zero-order valence-electron chi connectivity index (χ0n) is 28.8. The van der Waals surface area contributed by atoms with Crippen molar-refractivity contribution in [1.82, 2.24) is 9.80 Å².